The minimum atomic E-state index is 0.112. The Morgan fingerprint density at radius 2 is 2.38 bits per heavy atom. The maximum absolute atomic E-state index is 9.15. The first-order chi connectivity index (χ1) is 7.71. The Kier molecular flexibility index (Phi) is 5.30. The largest absolute Gasteiger partial charge is 0.395 e. The molecular formula is C9H17N5OS. The normalized spacial score (nSPS) is 14.2. The Labute approximate surface area is 99.0 Å². The van der Waals surface area contributed by atoms with Gasteiger partial charge in [-0.1, -0.05) is 0 Å². The van der Waals surface area contributed by atoms with E-state index in [1.165, 1.54) is 0 Å². The number of aliphatic hydroxyl groups excluding tert-OH is 1. The fourth-order valence-electron chi connectivity index (χ4n) is 1.27. The molecule has 0 spiro atoms. The lowest BCUT2D eigenvalue weighted by Gasteiger charge is -2.21. The van der Waals surface area contributed by atoms with Crippen molar-refractivity contribution in [1.82, 2.24) is 9.97 Å². The summed E-state index contributed by atoms with van der Waals surface area (Å²) in [5.74, 6) is 6.26. The summed E-state index contributed by atoms with van der Waals surface area (Å²) in [7, 11) is 0. The van der Waals surface area contributed by atoms with Gasteiger partial charge >= 0.3 is 0 Å². The van der Waals surface area contributed by atoms with Gasteiger partial charge in [0.15, 0.2) is 0 Å². The van der Waals surface area contributed by atoms with Crippen LogP contribution in [0.1, 0.15) is 6.92 Å². The molecule has 1 aromatic heterocycles. The van der Waals surface area contributed by atoms with Gasteiger partial charge in [0.25, 0.3) is 0 Å². The first-order valence-electron chi connectivity index (χ1n) is 4.91. The monoisotopic (exact) mass is 243 g/mol. The van der Waals surface area contributed by atoms with Crippen LogP contribution in [-0.4, -0.2) is 39.2 Å². The van der Waals surface area contributed by atoms with Crippen molar-refractivity contribution >= 4 is 23.5 Å². The van der Waals surface area contributed by atoms with Crippen LogP contribution in [0.4, 0.5) is 11.8 Å². The quantitative estimate of drug-likeness (QED) is 0.421. The standard InChI is InChI=1S/C9H17N5OS/c1-6(7(5-15)16-2)12-8-3-4-11-9(13-8)14-10/h3-4,6-7,15H,5,10H2,1-2H3,(H2,11,12,13,14). The summed E-state index contributed by atoms with van der Waals surface area (Å²) in [4.78, 5) is 8.04. The summed E-state index contributed by atoms with van der Waals surface area (Å²) >= 11 is 1.61. The average Bonchev–Trinajstić information content (AvgIpc) is 2.31. The van der Waals surface area contributed by atoms with Gasteiger partial charge in [-0.05, 0) is 19.2 Å². The summed E-state index contributed by atoms with van der Waals surface area (Å²) < 4.78 is 0. The Morgan fingerprint density at radius 3 is 2.94 bits per heavy atom. The van der Waals surface area contributed by atoms with E-state index >= 15 is 0 Å². The highest BCUT2D eigenvalue weighted by molar-refractivity contribution is 7.99. The Bertz CT molecular complexity index is 321. The first kappa shape index (κ1) is 13.0. The van der Waals surface area contributed by atoms with Crippen LogP contribution in [0.25, 0.3) is 0 Å². The number of hydrazine groups is 1. The van der Waals surface area contributed by atoms with E-state index in [-0.39, 0.29) is 17.9 Å². The number of nitrogens with one attached hydrogen (secondary N) is 2. The lowest BCUT2D eigenvalue weighted by molar-refractivity contribution is 0.288. The molecule has 0 aromatic carbocycles. The van der Waals surface area contributed by atoms with Gasteiger partial charge in [0.05, 0.1) is 6.61 Å². The lowest BCUT2D eigenvalue weighted by Crippen LogP contribution is -2.31. The molecule has 0 fully saturated rings. The molecule has 16 heavy (non-hydrogen) atoms. The molecule has 0 aliphatic heterocycles. The lowest BCUT2D eigenvalue weighted by atomic mass is 10.2. The number of nitrogens with zero attached hydrogens (tertiary/aromatic N) is 2. The van der Waals surface area contributed by atoms with Gasteiger partial charge in [0.1, 0.15) is 5.82 Å². The maximum atomic E-state index is 9.15. The van der Waals surface area contributed by atoms with E-state index in [1.807, 2.05) is 13.2 Å². The topological polar surface area (TPSA) is 96.1 Å². The minimum absolute atomic E-state index is 0.112. The number of anilines is 2. The molecule has 0 aliphatic carbocycles. The third-order valence-electron chi connectivity index (χ3n) is 2.20. The van der Waals surface area contributed by atoms with Crippen molar-refractivity contribution in [2.24, 2.45) is 5.84 Å². The molecule has 1 heterocycles. The van der Waals surface area contributed by atoms with Gasteiger partial charge in [0.2, 0.25) is 5.95 Å². The molecule has 7 heteroatoms. The van der Waals surface area contributed by atoms with Crippen molar-refractivity contribution in [3.05, 3.63) is 12.3 Å². The van der Waals surface area contributed by atoms with E-state index in [1.54, 1.807) is 24.0 Å². The fraction of sp³-hybridized carbons (Fsp3) is 0.556. The number of thioether (sulfide) groups is 1. The zero-order valence-corrected chi connectivity index (χ0v) is 10.2. The molecule has 0 bridgehead atoms. The molecule has 0 amide bonds. The highest BCUT2D eigenvalue weighted by Gasteiger charge is 2.15. The summed E-state index contributed by atoms with van der Waals surface area (Å²) in [5, 5.41) is 12.5. The van der Waals surface area contributed by atoms with Crippen LogP contribution in [0.3, 0.4) is 0 Å². The molecule has 0 radical (unpaired) electrons. The van der Waals surface area contributed by atoms with E-state index in [2.05, 4.69) is 20.7 Å². The van der Waals surface area contributed by atoms with Crippen LogP contribution >= 0.6 is 11.8 Å². The molecule has 1 rings (SSSR count). The summed E-state index contributed by atoms with van der Waals surface area (Å²) in [6, 6.07) is 1.87. The number of rotatable bonds is 6. The number of nitrogens with two attached hydrogens (primary N) is 1. The molecule has 1 aromatic rings. The third-order valence-corrected chi connectivity index (χ3v) is 3.36. The average molecular weight is 243 g/mol. The summed E-state index contributed by atoms with van der Waals surface area (Å²) in [6.45, 7) is 2.12. The maximum Gasteiger partial charge on any atom is 0.239 e. The van der Waals surface area contributed by atoms with Crippen molar-refractivity contribution in [2.75, 3.05) is 23.6 Å². The predicted molar refractivity (Wildman–Crippen MR) is 67.3 cm³/mol. The molecule has 90 valence electrons. The van der Waals surface area contributed by atoms with E-state index in [9.17, 15) is 0 Å². The molecule has 0 saturated carbocycles. The van der Waals surface area contributed by atoms with Crippen LogP contribution < -0.4 is 16.6 Å². The molecule has 5 N–H and O–H groups in total. The Balaban J connectivity index is 2.64. The van der Waals surface area contributed by atoms with E-state index < -0.39 is 0 Å². The highest BCUT2D eigenvalue weighted by atomic mass is 32.2. The molecule has 2 atom stereocenters. The zero-order chi connectivity index (χ0) is 12.0. The van der Waals surface area contributed by atoms with Gasteiger partial charge in [-0.25, -0.2) is 10.8 Å². The van der Waals surface area contributed by atoms with E-state index in [4.69, 9.17) is 10.9 Å². The number of aromatic nitrogens is 2. The minimum Gasteiger partial charge on any atom is -0.395 e. The second-order valence-electron chi connectivity index (χ2n) is 3.30. The predicted octanol–water partition coefficient (Wildman–Crippen LogP) is 0.286. The molecule has 0 saturated heterocycles. The van der Waals surface area contributed by atoms with Crippen molar-refractivity contribution in [2.45, 2.75) is 18.2 Å². The SMILES string of the molecule is CSC(CO)C(C)Nc1ccnc(NN)n1. The van der Waals surface area contributed by atoms with E-state index in [0.717, 1.165) is 0 Å². The van der Waals surface area contributed by atoms with Crippen molar-refractivity contribution in [3.8, 4) is 0 Å². The fourth-order valence-corrected chi connectivity index (χ4v) is 1.90. The van der Waals surface area contributed by atoms with Crippen molar-refractivity contribution in [3.63, 3.8) is 0 Å². The molecular weight excluding hydrogens is 226 g/mol. The van der Waals surface area contributed by atoms with Gasteiger partial charge < -0.3 is 10.4 Å². The number of hydrogen-bond donors (Lipinski definition) is 4. The van der Waals surface area contributed by atoms with Gasteiger partial charge in [0, 0.05) is 17.5 Å². The summed E-state index contributed by atoms with van der Waals surface area (Å²) in [6.07, 6.45) is 3.58. The van der Waals surface area contributed by atoms with Crippen LogP contribution in [0, 0.1) is 0 Å². The molecule has 0 aliphatic rings. The number of aliphatic hydroxyl groups is 1. The molecule has 2 unspecified atom stereocenters. The first-order valence-corrected chi connectivity index (χ1v) is 6.20. The summed E-state index contributed by atoms with van der Waals surface area (Å²) in [5.41, 5.74) is 2.38. The Morgan fingerprint density at radius 1 is 1.62 bits per heavy atom. The van der Waals surface area contributed by atoms with Gasteiger partial charge in [-0.3, -0.25) is 5.43 Å². The molecule has 6 nitrogen and oxygen atoms in total. The number of hydrogen-bond acceptors (Lipinski definition) is 7. The van der Waals surface area contributed by atoms with Crippen LogP contribution in [0.15, 0.2) is 12.3 Å². The van der Waals surface area contributed by atoms with Crippen molar-refractivity contribution < 1.29 is 5.11 Å². The second-order valence-corrected chi connectivity index (χ2v) is 4.38. The third kappa shape index (κ3) is 3.51. The second kappa shape index (κ2) is 6.51. The zero-order valence-electron chi connectivity index (χ0n) is 9.34. The van der Waals surface area contributed by atoms with Crippen LogP contribution in [0.2, 0.25) is 0 Å². The van der Waals surface area contributed by atoms with Gasteiger partial charge in [-0.2, -0.15) is 16.7 Å². The smallest absolute Gasteiger partial charge is 0.239 e. The van der Waals surface area contributed by atoms with Crippen molar-refractivity contribution in [1.29, 1.82) is 0 Å². The van der Waals surface area contributed by atoms with Crippen LogP contribution in [-0.2, 0) is 0 Å². The van der Waals surface area contributed by atoms with E-state index in [0.29, 0.717) is 11.8 Å². The highest BCUT2D eigenvalue weighted by Crippen LogP contribution is 2.15. The number of nitrogen functional groups attached to an aromatic ring is 1. The van der Waals surface area contributed by atoms with Gasteiger partial charge in [-0.15, -0.1) is 0 Å². The Hall–Kier alpha value is -1.05. The van der Waals surface area contributed by atoms with Crippen LogP contribution in [0.5, 0.6) is 0 Å².